The molecule has 0 spiro atoms. The molecule has 0 saturated carbocycles. The van der Waals surface area contributed by atoms with Gasteiger partial charge in [0.15, 0.2) is 0 Å². The number of hydrogen-bond acceptors (Lipinski definition) is 8. The molecule has 0 saturated heterocycles. The van der Waals surface area contributed by atoms with Gasteiger partial charge in [-0.15, -0.1) is 0 Å². The van der Waals surface area contributed by atoms with Gasteiger partial charge in [-0.3, -0.25) is 0 Å². The molecule has 38 heavy (non-hydrogen) atoms. The second-order valence-corrected chi connectivity index (χ2v) is 11.0. The van der Waals surface area contributed by atoms with E-state index in [2.05, 4.69) is 33.4 Å². The molecule has 0 atom stereocenters. The van der Waals surface area contributed by atoms with E-state index in [9.17, 15) is 9.59 Å². The molecular formula is C28H40N6O4. The van der Waals surface area contributed by atoms with E-state index in [-0.39, 0.29) is 0 Å². The van der Waals surface area contributed by atoms with E-state index in [4.69, 9.17) is 19.4 Å². The number of carbonyl (C=O) groups is 2. The number of aromatic nitrogens is 2. The normalized spacial score (nSPS) is 11.9. The van der Waals surface area contributed by atoms with E-state index < -0.39 is 23.4 Å². The van der Waals surface area contributed by atoms with Gasteiger partial charge >= 0.3 is 12.2 Å². The van der Waals surface area contributed by atoms with Crippen molar-refractivity contribution >= 4 is 34.0 Å². The average Bonchev–Trinajstić information content (AvgIpc) is 2.81. The average molecular weight is 525 g/mol. The van der Waals surface area contributed by atoms with Crippen LogP contribution in [0.15, 0.2) is 36.4 Å². The van der Waals surface area contributed by atoms with Gasteiger partial charge in [0.25, 0.3) is 0 Å². The zero-order chi connectivity index (χ0) is 27.8. The molecule has 1 aromatic carbocycles. The van der Waals surface area contributed by atoms with Crippen molar-refractivity contribution in [1.29, 1.82) is 0 Å². The van der Waals surface area contributed by atoms with Gasteiger partial charge in [-0.05, 0) is 53.7 Å². The zero-order valence-electron chi connectivity index (χ0n) is 23.2. The highest BCUT2D eigenvalue weighted by molar-refractivity contribution is 6.02. The fourth-order valence-corrected chi connectivity index (χ4v) is 3.61. The van der Waals surface area contributed by atoms with E-state index >= 15 is 0 Å². The van der Waals surface area contributed by atoms with Crippen molar-refractivity contribution < 1.29 is 19.1 Å². The van der Waals surface area contributed by atoms with Crippen LogP contribution in [0.25, 0.3) is 21.8 Å². The highest BCUT2D eigenvalue weighted by Crippen LogP contribution is 2.23. The summed E-state index contributed by atoms with van der Waals surface area (Å²) in [6.45, 7) is 14.2. The number of fused-ring (bicyclic) bond motifs is 3. The molecule has 2 aromatic heterocycles. The standard InChI is InChI=1S/C28H40N6O4/c1-27(2,3)37-25(35)31-15-13-29-17-21-11-9-19-7-8-20-10-12-22(34-24(20)23(19)33-21)18-30-14-16-32-26(36)38-28(4,5)6/h7-12,29-30H,13-18H2,1-6H3,(H,31,35)(H,32,36). The van der Waals surface area contributed by atoms with Crippen molar-refractivity contribution in [3.63, 3.8) is 0 Å². The second kappa shape index (κ2) is 12.8. The summed E-state index contributed by atoms with van der Waals surface area (Å²) in [7, 11) is 0. The first-order chi connectivity index (χ1) is 17.9. The van der Waals surface area contributed by atoms with E-state index in [1.807, 2.05) is 65.8 Å². The molecule has 3 aromatic rings. The predicted molar refractivity (Wildman–Crippen MR) is 149 cm³/mol. The molecule has 10 nitrogen and oxygen atoms in total. The molecule has 0 unspecified atom stereocenters. The third-order valence-corrected chi connectivity index (χ3v) is 5.19. The first kappa shape index (κ1) is 29.1. The summed E-state index contributed by atoms with van der Waals surface area (Å²) in [5.41, 5.74) is 2.45. The van der Waals surface area contributed by atoms with E-state index in [0.29, 0.717) is 39.3 Å². The van der Waals surface area contributed by atoms with Gasteiger partial charge in [0.05, 0.1) is 22.4 Å². The fraction of sp³-hybridized carbons (Fsp3) is 0.500. The molecule has 4 N–H and O–H groups in total. The van der Waals surface area contributed by atoms with Crippen LogP contribution < -0.4 is 21.3 Å². The van der Waals surface area contributed by atoms with Gasteiger partial charge in [-0.1, -0.05) is 24.3 Å². The van der Waals surface area contributed by atoms with Crippen LogP contribution in [-0.2, 0) is 22.6 Å². The number of alkyl carbamates (subject to hydrolysis) is 2. The van der Waals surface area contributed by atoms with Crippen molar-refractivity contribution in [2.45, 2.75) is 65.8 Å². The Morgan fingerprint density at radius 3 is 1.37 bits per heavy atom. The fourth-order valence-electron chi connectivity index (χ4n) is 3.61. The van der Waals surface area contributed by atoms with Crippen LogP contribution >= 0.6 is 0 Å². The topological polar surface area (TPSA) is 127 Å². The van der Waals surface area contributed by atoms with Gasteiger partial charge in [0.1, 0.15) is 11.2 Å². The SMILES string of the molecule is CC(C)(C)OC(=O)NCCNCc1ccc2ccc3ccc(CNCCNC(=O)OC(C)(C)C)nc3c2n1. The Morgan fingerprint density at radius 1 is 0.632 bits per heavy atom. The molecule has 2 amide bonds. The Balaban J connectivity index is 1.54. The highest BCUT2D eigenvalue weighted by Gasteiger charge is 2.16. The Morgan fingerprint density at radius 2 is 1.00 bits per heavy atom. The minimum absolute atomic E-state index is 0.426. The minimum atomic E-state index is -0.516. The van der Waals surface area contributed by atoms with Gasteiger partial charge in [0, 0.05) is 50.0 Å². The van der Waals surface area contributed by atoms with E-state index in [0.717, 1.165) is 33.2 Å². The molecule has 0 radical (unpaired) electrons. The lowest BCUT2D eigenvalue weighted by molar-refractivity contribution is 0.0516. The molecule has 2 heterocycles. The zero-order valence-corrected chi connectivity index (χ0v) is 23.2. The lowest BCUT2D eigenvalue weighted by Crippen LogP contribution is -2.36. The number of amides is 2. The van der Waals surface area contributed by atoms with Gasteiger partial charge < -0.3 is 30.7 Å². The molecule has 0 aliphatic heterocycles. The number of rotatable bonds is 10. The minimum Gasteiger partial charge on any atom is -0.444 e. The van der Waals surface area contributed by atoms with Crippen molar-refractivity contribution in [2.24, 2.45) is 0 Å². The lowest BCUT2D eigenvalue weighted by atomic mass is 10.1. The first-order valence-corrected chi connectivity index (χ1v) is 12.9. The smallest absolute Gasteiger partial charge is 0.407 e. The number of pyridine rings is 2. The van der Waals surface area contributed by atoms with Crippen molar-refractivity contribution in [3.8, 4) is 0 Å². The van der Waals surface area contributed by atoms with Crippen molar-refractivity contribution in [2.75, 3.05) is 26.2 Å². The van der Waals surface area contributed by atoms with Crippen LogP contribution in [0, 0.1) is 0 Å². The van der Waals surface area contributed by atoms with Crippen LogP contribution in [0.2, 0.25) is 0 Å². The molecular weight excluding hydrogens is 484 g/mol. The molecule has 3 rings (SSSR count). The maximum absolute atomic E-state index is 11.8. The number of ether oxygens (including phenoxy) is 2. The summed E-state index contributed by atoms with van der Waals surface area (Å²) >= 11 is 0. The molecule has 0 bridgehead atoms. The monoisotopic (exact) mass is 524 g/mol. The summed E-state index contributed by atoms with van der Waals surface area (Å²) in [5, 5.41) is 14.1. The maximum Gasteiger partial charge on any atom is 0.407 e. The Hall–Kier alpha value is -3.50. The second-order valence-electron chi connectivity index (χ2n) is 11.0. The van der Waals surface area contributed by atoms with Crippen LogP contribution in [-0.4, -0.2) is 59.5 Å². The summed E-state index contributed by atoms with van der Waals surface area (Å²) in [6.07, 6.45) is -0.851. The Labute approximate surface area is 224 Å². The van der Waals surface area contributed by atoms with Crippen molar-refractivity contribution in [1.82, 2.24) is 31.2 Å². The third kappa shape index (κ3) is 9.75. The summed E-state index contributed by atoms with van der Waals surface area (Å²) in [4.78, 5) is 33.2. The van der Waals surface area contributed by atoms with Crippen LogP contribution in [0.1, 0.15) is 52.9 Å². The summed E-state index contributed by atoms with van der Waals surface area (Å²) in [5.74, 6) is 0. The molecule has 206 valence electrons. The largest absolute Gasteiger partial charge is 0.444 e. The number of benzene rings is 1. The quantitative estimate of drug-likeness (QED) is 0.232. The number of nitrogens with one attached hydrogen (secondary N) is 4. The molecule has 10 heteroatoms. The third-order valence-electron chi connectivity index (χ3n) is 5.19. The Bertz CT molecular complexity index is 1150. The summed E-state index contributed by atoms with van der Waals surface area (Å²) in [6, 6.07) is 12.2. The molecule has 0 aliphatic rings. The van der Waals surface area contributed by atoms with Crippen LogP contribution in [0.3, 0.4) is 0 Å². The summed E-state index contributed by atoms with van der Waals surface area (Å²) < 4.78 is 10.5. The van der Waals surface area contributed by atoms with E-state index in [1.54, 1.807) is 0 Å². The molecule has 0 aliphatic carbocycles. The van der Waals surface area contributed by atoms with Crippen LogP contribution in [0.4, 0.5) is 9.59 Å². The number of carbonyl (C=O) groups excluding carboxylic acids is 2. The number of hydrogen-bond donors (Lipinski definition) is 4. The highest BCUT2D eigenvalue weighted by atomic mass is 16.6. The predicted octanol–water partition coefficient (Wildman–Crippen LogP) is 4.01. The lowest BCUT2D eigenvalue weighted by Gasteiger charge is -2.19. The maximum atomic E-state index is 11.8. The van der Waals surface area contributed by atoms with Crippen molar-refractivity contribution in [3.05, 3.63) is 47.8 Å². The van der Waals surface area contributed by atoms with Crippen LogP contribution in [0.5, 0.6) is 0 Å². The van der Waals surface area contributed by atoms with Gasteiger partial charge in [0.2, 0.25) is 0 Å². The molecule has 0 fully saturated rings. The first-order valence-electron chi connectivity index (χ1n) is 12.9. The Kier molecular flexibility index (Phi) is 9.82. The van der Waals surface area contributed by atoms with Gasteiger partial charge in [-0.2, -0.15) is 0 Å². The van der Waals surface area contributed by atoms with E-state index in [1.165, 1.54) is 0 Å². The number of nitrogens with zero attached hydrogens (tertiary/aromatic N) is 2. The van der Waals surface area contributed by atoms with Gasteiger partial charge in [-0.25, -0.2) is 19.6 Å².